The Hall–Kier alpha value is -0.260. The number of nitrogens with two attached hydrogens (primary N) is 1. The fourth-order valence-corrected chi connectivity index (χ4v) is 0.394. The van der Waals surface area contributed by atoms with Crippen LogP contribution < -0.4 is 5.73 Å². The van der Waals surface area contributed by atoms with Crippen LogP contribution in [0, 0.1) is 0 Å². The van der Waals surface area contributed by atoms with E-state index < -0.39 is 18.8 Å². The molecule has 54 valence electrons. The highest BCUT2D eigenvalue weighted by atomic mass is 32.1. The predicted octanol–water partition coefficient (Wildman–Crippen LogP) is -1.26. The lowest BCUT2D eigenvalue weighted by Gasteiger charge is -2.04. The molecule has 5 heteroatoms. The van der Waals surface area contributed by atoms with Gasteiger partial charge in [-0.3, -0.25) is 4.79 Å². The number of rotatable bonds is 3. The molecule has 0 spiro atoms. The molecule has 0 saturated heterocycles. The monoisotopic (exact) mass is 151 g/mol. The lowest BCUT2D eigenvalue weighted by atomic mass is 10.4. The molecule has 0 bridgehead atoms. The summed E-state index contributed by atoms with van der Waals surface area (Å²) in [6.07, 6.45) is 0. The van der Waals surface area contributed by atoms with Crippen molar-refractivity contribution in [2.45, 2.75) is 6.04 Å². The van der Waals surface area contributed by atoms with Crippen LogP contribution in [0.15, 0.2) is 0 Å². The van der Waals surface area contributed by atoms with Crippen molar-refractivity contribution in [2.24, 2.45) is 5.73 Å². The van der Waals surface area contributed by atoms with Crippen LogP contribution in [-0.2, 0) is 9.53 Å². The second kappa shape index (κ2) is 4.60. The van der Waals surface area contributed by atoms with Crippen LogP contribution in [0.1, 0.15) is 0 Å². The van der Waals surface area contributed by atoms with Gasteiger partial charge in [-0.25, -0.2) is 0 Å². The first-order valence-electron chi connectivity index (χ1n) is 2.36. The highest BCUT2D eigenvalue weighted by molar-refractivity contribution is 7.80. The summed E-state index contributed by atoms with van der Waals surface area (Å²) in [6, 6.07) is -0.736. The molecule has 0 aromatic carbocycles. The SMILES string of the molecule is N[C@H](CS)C(=O)OCO. The summed E-state index contributed by atoms with van der Waals surface area (Å²) < 4.78 is 4.14. The van der Waals surface area contributed by atoms with Crippen molar-refractivity contribution in [2.75, 3.05) is 12.5 Å². The van der Waals surface area contributed by atoms with E-state index in [0.717, 1.165) is 0 Å². The number of carbonyl (C=O) groups excluding carboxylic acids is 1. The van der Waals surface area contributed by atoms with Gasteiger partial charge < -0.3 is 15.6 Å². The number of aliphatic hydroxyl groups excluding tert-OH is 1. The smallest absolute Gasteiger partial charge is 0.325 e. The van der Waals surface area contributed by atoms with Crippen LogP contribution in [0.25, 0.3) is 0 Å². The molecule has 0 heterocycles. The molecule has 9 heavy (non-hydrogen) atoms. The van der Waals surface area contributed by atoms with Gasteiger partial charge in [-0.15, -0.1) is 0 Å². The lowest BCUT2D eigenvalue weighted by Crippen LogP contribution is -2.34. The molecule has 0 rings (SSSR count). The molecule has 0 radical (unpaired) electrons. The van der Waals surface area contributed by atoms with Crippen LogP contribution in [0.2, 0.25) is 0 Å². The zero-order chi connectivity index (χ0) is 7.28. The molecule has 0 unspecified atom stereocenters. The van der Waals surface area contributed by atoms with Gasteiger partial charge in [0.15, 0.2) is 6.79 Å². The van der Waals surface area contributed by atoms with Crippen LogP contribution >= 0.6 is 12.6 Å². The van der Waals surface area contributed by atoms with E-state index in [0.29, 0.717) is 0 Å². The molecule has 0 aromatic heterocycles. The van der Waals surface area contributed by atoms with Crippen molar-refractivity contribution in [1.82, 2.24) is 0 Å². The van der Waals surface area contributed by atoms with Crippen molar-refractivity contribution < 1.29 is 14.6 Å². The van der Waals surface area contributed by atoms with Gasteiger partial charge in [0, 0.05) is 5.75 Å². The number of carbonyl (C=O) groups is 1. The zero-order valence-corrected chi connectivity index (χ0v) is 5.67. The lowest BCUT2D eigenvalue weighted by molar-refractivity contribution is -0.152. The molecule has 0 fully saturated rings. The number of thiol groups is 1. The van der Waals surface area contributed by atoms with Crippen molar-refractivity contribution in [3.8, 4) is 0 Å². The molecule has 4 nitrogen and oxygen atoms in total. The number of hydrogen-bond donors (Lipinski definition) is 3. The summed E-state index contributed by atoms with van der Waals surface area (Å²) in [7, 11) is 0. The third kappa shape index (κ3) is 3.34. The third-order valence-electron chi connectivity index (χ3n) is 0.706. The van der Waals surface area contributed by atoms with E-state index >= 15 is 0 Å². The van der Waals surface area contributed by atoms with E-state index in [1.807, 2.05) is 0 Å². The van der Waals surface area contributed by atoms with Crippen LogP contribution in [-0.4, -0.2) is 29.7 Å². The second-order valence-electron chi connectivity index (χ2n) is 1.38. The van der Waals surface area contributed by atoms with Gasteiger partial charge in [0.25, 0.3) is 0 Å². The fourth-order valence-electron chi connectivity index (χ4n) is 0.245. The minimum atomic E-state index is -0.736. The summed E-state index contributed by atoms with van der Waals surface area (Å²) in [5, 5.41) is 8.06. The first kappa shape index (κ1) is 8.74. The molecule has 0 aliphatic carbocycles. The first-order valence-corrected chi connectivity index (χ1v) is 2.99. The Morgan fingerprint density at radius 3 is 2.78 bits per heavy atom. The van der Waals surface area contributed by atoms with E-state index in [1.165, 1.54) is 0 Å². The summed E-state index contributed by atoms with van der Waals surface area (Å²) in [5.74, 6) is -0.411. The molecular formula is C4H9NO3S. The Kier molecular flexibility index (Phi) is 4.47. The summed E-state index contributed by atoms with van der Waals surface area (Å²) in [5.41, 5.74) is 5.14. The minimum Gasteiger partial charge on any atom is -0.438 e. The maximum Gasteiger partial charge on any atom is 0.325 e. The van der Waals surface area contributed by atoms with Gasteiger partial charge in [-0.1, -0.05) is 0 Å². The van der Waals surface area contributed by atoms with E-state index in [9.17, 15) is 4.79 Å². The Labute approximate surface area is 58.4 Å². The molecule has 0 aromatic rings. The second-order valence-corrected chi connectivity index (χ2v) is 1.75. The highest BCUT2D eigenvalue weighted by Crippen LogP contribution is 1.86. The molecule has 0 amide bonds. The molecule has 1 atom stereocenters. The molecule has 0 aliphatic heterocycles. The molecule has 0 saturated carbocycles. The summed E-state index contributed by atoms with van der Waals surface area (Å²) >= 11 is 3.74. The number of ether oxygens (including phenoxy) is 1. The van der Waals surface area contributed by atoms with E-state index in [4.69, 9.17) is 10.8 Å². The zero-order valence-electron chi connectivity index (χ0n) is 4.78. The van der Waals surface area contributed by atoms with Crippen molar-refractivity contribution in [1.29, 1.82) is 0 Å². The van der Waals surface area contributed by atoms with Crippen LogP contribution in [0.5, 0.6) is 0 Å². The Bertz CT molecular complexity index is 97.8. The largest absolute Gasteiger partial charge is 0.438 e. The number of hydrogen-bond acceptors (Lipinski definition) is 5. The van der Waals surface area contributed by atoms with E-state index in [1.54, 1.807) is 0 Å². The highest BCUT2D eigenvalue weighted by Gasteiger charge is 2.11. The molecule has 0 aliphatic rings. The summed E-state index contributed by atoms with van der Waals surface area (Å²) in [6.45, 7) is -0.625. The summed E-state index contributed by atoms with van der Waals surface area (Å²) in [4.78, 5) is 10.4. The van der Waals surface area contributed by atoms with Gasteiger partial charge in [0.05, 0.1) is 0 Å². The Morgan fingerprint density at radius 1 is 1.89 bits per heavy atom. The van der Waals surface area contributed by atoms with Gasteiger partial charge in [-0.2, -0.15) is 12.6 Å². The average molecular weight is 151 g/mol. The third-order valence-corrected chi connectivity index (χ3v) is 1.10. The molecule has 3 N–H and O–H groups in total. The minimum absolute atomic E-state index is 0.221. The van der Waals surface area contributed by atoms with Gasteiger partial charge >= 0.3 is 5.97 Å². The Morgan fingerprint density at radius 2 is 2.44 bits per heavy atom. The van der Waals surface area contributed by atoms with Crippen LogP contribution in [0.3, 0.4) is 0 Å². The van der Waals surface area contributed by atoms with Crippen molar-refractivity contribution in [3.63, 3.8) is 0 Å². The number of aliphatic hydroxyl groups is 1. The number of esters is 1. The maximum atomic E-state index is 10.4. The van der Waals surface area contributed by atoms with Gasteiger partial charge in [0.1, 0.15) is 6.04 Å². The van der Waals surface area contributed by atoms with Gasteiger partial charge in [-0.05, 0) is 0 Å². The average Bonchev–Trinajstić information content (AvgIpc) is 1.87. The standard InChI is InChI=1S/C4H9NO3S/c5-3(1-9)4(7)8-2-6/h3,6,9H,1-2,5H2/t3-/m1/s1. The van der Waals surface area contributed by atoms with Crippen LogP contribution in [0.4, 0.5) is 0 Å². The van der Waals surface area contributed by atoms with E-state index in [-0.39, 0.29) is 5.75 Å². The van der Waals surface area contributed by atoms with Crippen molar-refractivity contribution >= 4 is 18.6 Å². The quantitative estimate of drug-likeness (QED) is 0.267. The van der Waals surface area contributed by atoms with Crippen molar-refractivity contribution in [3.05, 3.63) is 0 Å². The Balaban J connectivity index is 3.46. The first-order chi connectivity index (χ1) is 4.22. The maximum absolute atomic E-state index is 10.4. The molecular weight excluding hydrogens is 142 g/mol. The fraction of sp³-hybridized carbons (Fsp3) is 0.750. The van der Waals surface area contributed by atoms with E-state index in [2.05, 4.69) is 17.4 Å². The predicted molar refractivity (Wildman–Crippen MR) is 35.0 cm³/mol. The topological polar surface area (TPSA) is 72.6 Å². The van der Waals surface area contributed by atoms with Gasteiger partial charge in [0.2, 0.25) is 0 Å². The normalized spacial score (nSPS) is 12.8.